The van der Waals surface area contributed by atoms with Gasteiger partial charge in [0.2, 0.25) is 0 Å². The number of benzene rings is 2. The van der Waals surface area contributed by atoms with Gasteiger partial charge in [-0.2, -0.15) is 0 Å². The largest absolute Gasteiger partial charge is 0.287 e. The Bertz CT molecular complexity index is 598. The molecule has 2 aromatic rings. The predicted octanol–water partition coefficient (Wildman–Crippen LogP) is 3.90. The van der Waals surface area contributed by atoms with Crippen molar-refractivity contribution in [3.63, 3.8) is 0 Å². The van der Waals surface area contributed by atoms with Crippen molar-refractivity contribution in [1.82, 2.24) is 0 Å². The topological polar surface area (TPSA) is 20.3 Å². The van der Waals surface area contributed by atoms with Gasteiger partial charge in [-0.15, -0.1) is 12.6 Å². The van der Waals surface area contributed by atoms with Crippen molar-refractivity contribution >= 4 is 59.8 Å². The zero-order chi connectivity index (χ0) is 13.3. The molecule has 1 unspecified atom stereocenters. The molecule has 2 nitrogen and oxygen atoms in total. The smallest absolute Gasteiger partial charge is 0.193 e. The standard InChI is InChI=1S/C13H13NOS3/c1-8(13(15)16)11-6-9-4-2-3-5-10(9)7-12(11)14(17)18/h2-8,17-18H,1H3,(H,15,16). The molecule has 0 fully saturated rings. The molecule has 0 aromatic heterocycles. The van der Waals surface area contributed by atoms with Crippen LogP contribution in [0.5, 0.6) is 0 Å². The minimum Gasteiger partial charge on any atom is -0.287 e. The van der Waals surface area contributed by atoms with Gasteiger partial charge in [0.05, 0.1) is 11.6 Å². The van der Waals surface area contributed by atoms with Gasteiger partial charge in [-0.3, -0.25) is 8.51 Å². The first kappa shape index (κ1) is 13.6. The molecule has 0 heterocycles. The number of carbonyl (C=O) groups is 1. The van der Waals surface area contributed by atoms with Gasteiger partial charge in [0.1, 0.15) is 0 Å². The van der Waals surface area contributed by atoms with Crippen molar-refractivity contribution < 1.29 is 4.79 Å². The Labute approximate surface area is 123 Å². The third-order valence-corrected chi connectivity index (χ3v) is 3.77. The van der Waals surface area contributed by atoms with Crippen molar-refractivity contribution in [2.24, 2.45) is 0 Å². The molecule has 0 aliphatic heterocycles. The van der Waals surface area contributed by atoms with E-state index in [0.717, 1.165) is 22.0 Å². The molecular formula is C13H13NOS3. The highest BCUT2D eigenvalue weighted by atomic mass is 32.2. The van der Waals surface area contributed by atoms with Crippen LogP contribution in [0.1, 0.15) is 18.4 Å². The average molecular weight is 295 g/mol. The lowest BCUT2D eigenvalue weighted by Crippen LogP contribution is -2.07. The lowest BCUT2D eigenvalue weighted by atomic mass is 9.97. The van der Waals surface area contributed by atoms with E-state index in [-0.39, 0.29) is 11.0 Å². The van der Waals surface area contributed by atoms with Crippen molar-refractivity contribution in [3.8, 4) is 0 Å². The van der Waals surface area contributed by atoms with Gasteiger partial charge in [0.15, 0.2) is 5.12 Å². The van der Waals surface area contributed by atoms with Crippen molar-refractivity contribution in [1.29, 1.82) is 0 Å². The molecule has 1 atom stereocenters. The van der Waals surface area contributed by atoms with Crippen LogP contribution in [0.25, 0.3) is 10.8 Å². The van der Waals surface area contributed by atoms with E-state index in [1.54, 1.807) is 0 Å². The number of hydrogen-bond acceptors (Lipinski definition) is 4. The Hall–Kier alpha value is -0.780. The third-order valence-electron chi connectivity index (χ3n) is 2.95. The maximum absolute atomic E-state index is 11.5. The summed E-state index contributed by atoms with van der Waals surface area (Å²) >= 11 is 12.3. The van der Waals surface area contributed by atoms with Crippen molar-refractivity contribution in [2.75, 3.05) is 3.71 Å². The summed E-state index contributed by atoms with van der Waals surface area (Å²) in [6.07, 6.45) is 0. The molecule has 0 saturated carbocycles. The molecule has 0 aliphatic carbocycles. The maximum Gasteiger partial charge on any atom is 0.193 e. The second-order valence-electron chi connectivity index (χ2n) is 4.11. The Balaban J connectivity index is 2.68. The molecule has 0 amide bonds. The Morgan fingerprint density at radius 3 is 2.22 bits per heavy atom. The monoisotopic (exact) mass is 295 g/mol. The summed E-state index contributed by atoms with van der Waals surface area (Å²) in [5.41, 5.74) is 1.67. The summed E-state index contributed by atoms with van der Waals surface area (Å²) in [6, 6.07) is 11.9. The van der Waals surface area contributed by atoms with Gasteiger partial charge < -0.3 is 0 Å². The van der Waals surface area contributed by atoms with Crippen LogP contribution in [0.4, 0.5) is 5.69 Å². The fourth-order valence-corrected chi connectivity index (χ4v) is 2.38. The molecule has 2 aromatic carbocycles. The van der Waals surface area contributed by atoms with Gasteiger partial charge in [-0.05, 0) is 28.5 Å². The molecule has 0 aliphatic rings. The van der Waals surface area contributed by atoms with Crippen LogP contribution < -0.4 is 3.71 Å². The Morgan fingerprint density at radius 2 is 1.72 bits per heavy atom. The number of anilines is 1. The van der Waals surface area contributed by atoms with E-state index in [1.165, 1.54) is 3.71 Å². The van der Waals surface area contributed by atoms with Crippen LogP contribution in [-0.4, -0.2) is 5.12 Å². The number of rotatable bonds is 3. The van der Waals surface area contributed by atoms with Gasteiger partial charge in [0.25, 0.3) is 0 Å². The van der Waals surface area contributed by atoms with Crippen LogP contribution in [0.15, 0.2) is 36.4 Å². The lowest BCUT2D eigenvalue weighted by molar-refractivity contribution is -0.111. The van der Waals surface area contributed by atoms with E-state index in [9.17, 15) is 4.79 Å². The summed E-state index contributed by atoms with van der Waals surface area (Å²) < 4.78 is 1.43. The lowest BCUT2D eigenvalue weighted by Gasteiger charge is -2.19. The van der Waals surface area contributed by atoms with Crippen LogP contribution in [0.3, 0.4) is 0 Å². The Kier molecular flexibility index (Phi) is 4.14. The van der Waals surface area contributed by atoms with Crippen molar-refractivity contribution in [2.45, 2.75) is 12.8 Å². The van der Waals surface area contributed by atoms with Crippen molar-refractivity contribution in [3.05, 3.63) is 42.0 Å². The van der Waals surface area contributed by atoms with Gasteiger partial charge >= 0.3 is 0 Å². The van der Waals surface area contributed by atoms with E-state index >= 15 is 0 Å². The second kappa shape index (κ2) is 5.47. The molecule has 2 rings (SSSR count). The van der Waals surface area contributed by atoms with Crippen LogP contribution in [-0.2, 0) is 4.79 Å². The van der Waals surface area contributed by atoms with E-state index in [4.69, 9.17) is 0 Å². The minimum atomic E-state index is -0.297. The molecule has 0 saturated heterocycles. The number of carbonyl (C=O) groups excluding carboxylic acids is 1. The molecule has 5 heteroatoms. The molecule has 0 spiro atoms. The summed E-state index contributed by atoms with van der Waals surface area (Å²) in [7, 11) is 0. The molecule has 0 N–H and O–H groups in total. The van der Waals surface area contributed by atoms with E-state index in [1.807, 2.05) is 43.3 Å². The first-order valence-corrected chi connectivity index (χ1v) is 6.69. The van der Waals surface area contributed by atoms with E-state index in [2.05, 4.69) is 38.3 Å². The number of nitrogens with zero attached hydrogens (tertiary/aromatic N) is 1. The molecule has 94 valence electrons. The number of thiol groups is 3. The number of fused-ring (bicyclic) bond motifs is 1. The van der Waals surface area contributed by atoms with E-state index < -0.39 is 0 Å². The SMILES string of the molecule is CC(C(=O)S)c1cc2ccccc2cc1N(S)S. The highest BCUT2D eigenvalue weighted by Gasteiger charge is 2.18. The molecular weight excluding hydrogens is 282 g/mol. The fourth-order valence-electron chi connectivity index (χ4n) is 1.90. The maximum atomic E-state index is 11.5. The second-order valence-corrected chi connectivity index (χ2v) is 5.66. The fraction of sp³-hybridized carbons (Fsp3) is 0.154. The summed E-state index contributed by atoms with van der Waals surface area (Å²) in [6.45, 7) is 1.83. The third kappa shape index (κ3) is 2.63. The Morgan fingerprint density at radius 1 is 1.17 bits per heavy atom. The highest BCUT2D eigenvalue weighted by Crippen LogP contribution is 2.34. The molecule has 18 heavy (non-hydrogen) atoms. The summed E-state index contributed by atoms with van der Waals surface area (Å²) in [5.74, 6) is -0.297. The number of hydrogen-bond donors (Lipinski definition) is 3. The zero-order valence-corrected chi connectivity index (χ0v) is 12.4. The van der Waals surface area contributed by atoms with Crippen LogP contribution in [0.2, 0.25) is 0 Å². The first-order valence-electron chi connectivity index (χ1n) is 5.44. The zero-order valence-electron chi connectivity index (χ0n) is 9.74. The normalized spacial score (nSPS) is 12.4. The van der Waals surface area contributed by atoms with Crippen LogP contribution >= 0.6 is 38.3 Å². The predicted molar refractivity (Wildman–Crippen MR) is 86.8 cm³/mol. The minimum absolute atomic E-state index is 0.171. The summed E-state index contributed by atoms with van der Waals surface area (Å²) in [4.78, 5) is 11.5. The van der Waals surface area contributed by atoms with Crippen LogP contribution in [0, 0.1) is 0 Å². The molecule has 0 radical (unpaired) electrons. The van der Waals surface area contributed by atoms with Gasteiger partial charge in [-0.1, -0.05) is 56.8 Å². The quantitative estimate of drug-likeness (QED) is 0.747. The van der Waals surface area contributed by atoms with E-state index in [0.29, 0.717) is 0 Å². The highest BCUT2D eigenvalue weighted by molar-refractivity contribution is 8.00. The van der Waals surface area contributed by atoms with Gasteiger partial charge in [0, 0.05) is 0 Å². The molecule has 0 bridgehead atoms. The summed E-state index contributed by atoms with van der Waals surface area (Å²) in [5, 5.41) is 2.00. The first-order chi connectivity index (χ1) is 8.50. The average Bonchev–Trinajstić information content (AvgIpc) is 2.36. The van der Waals surface area contributed by atoms with Gasteiger partial charge in [-0.25, -0.2) is 0 Å².